The molecule has 1 aliphatic heterocycles. The van der Waals surface area contributed by atoms with Crippen LogP contribution in [0.3, 0.4) is 0 Å². The Hall–Kier alpha value is -0.650. The Balaban J connectivity index is 1.63. The van der Waals surface area contributed by atoms with Gasteiger partial charge in [0.05, 0.1) is 19.3 Å². The molecule has 0 spiro atoms. The Labute approximate surface area is 127 Å². The van der Waals surface area contributed by atoms with Crippen LogP contribution < -0.4 is 5.73 Å². The lowest BCUT2D eigenvalue weighted by molar-refractivity contribution is -0.134. The largest absolute Gasteiger partial charge is 0.394 e. The van der Waals surface area contributed by atoms with Crippen molar-refractivity contribution in [2.24, 2.45) is 11.7 Å². The van der Waals surface area contributed by atoms with Gasteiger partial charge in [0, 0.05) is 25.6 Å². The number of amides is 1. The van der Waals surface area contributed by atoms with Gasteiger partial charge < -0.3 is 20.5 Å². The second-order valence-electron chi connectivity index (χ2n) is 6.51. The van der Waals surface area contributed by atoms with E-state index < -0.39 is 0 Å². The van der Waals surface area contributed by atoms with Crippen LogP contribution in [-0.4, -0.2) is 54.4 Å². The zero-order chi connectivity index (χ0) is 15.1. The molecule has 0 radical (unpaired) electrons. The van der Waals surface area contributed by atoms with E-state index in [0.717, 1.165) is 45.2 Å². The zero-order valence-corrected chi connectivity index (χ0v) is 13.0. The van der Waals surface area contributed by atoms with Gasteiger partial charge in [0.15, 0.2) is 0 Å². The lowest BCUT2D eigenvalue weighted by atomic mass is 9.83. The average molecular weight is 298 g/mol. The first-order valence-electron chi connectivity index (χ1n) is 8.45. The first kappa shape index (κ1) is 16.7. The van der Waals surface area contributed by atoms with E-state index in [-0.39, 0.29) is 18.6 Å². The summed E-state index contributed by atoms with van der Waals surface area (Å²) >= 11 is 0. The molecular formula is C16H30N2O3. The normalized spacial score (nSPS) is 27.8. The highest BCUT2D eigenvalue weighted by Crippen LogP contribution is 2.27. The summed E-state index contributed by atoms with van der Waals surface area (Å²) in [6, 6.07) is 0.346. The average Bonchev–Trinajstić information content (AvgIpc) is 2.51. The van der Waals surface area contributed by atoms with E-state index in [4.69, 9.17) is 15.6 Å². The Morgan fingerprint density at radius 3 is 2.67 bits per heavy atom. The van der Waals surface area contributed by atoms with Crippen molar-refractivity contribution in [3.8, 4) is 0 Å². The van der Waals surface area contributed by atoms with Crippen LogP contribution in [0.25, 0.3) is 0 Å². The summed E-state index contributed by atoms with van der Waals surface area (Å²) < 4.78 is 5.53. The number of nitrogens with zero attached hydrogens (tertiary/aromatic N) is 1. The van der Waals surface area contributed by atoms with Gasteiger partial charge in [-0.3, -0.25) is 4.79 Å². The highest BCUT2D eigenvalue weighted by molar-refractivity contribution is 5.76. The number of ether oxygens (including phenoxy) is 1. The minimum atomic E-state index is 0.0721. The van der Waals surface area contributed by atoms with Gasteiger partial charge in [-0.15, -0.1) is 0 Å². The number of hydrogen-bond donors (Lipinski definition) is 2. The molecule has 2 unspecified atom stereocenters. The van der Waals surface area contributed by atoms with E-state index in [9.17, 15) is 4.79 Å². The Kier molecular flexibility index (Phi) is 6.93. The molecule has 0 aromatic carbocycles. The van der Waals surface area contributed by atoms with Crippen molar-refractivity contribution >= 4 is 5.91 Å². The number of piperidine rings is 1. The fourth-order valence-electron chi connectivity index (χ4n) is 3.57. The van der Waals surface area contributed by atoms with E-state index in [1.807, 2.05) is 4.90 Å². The lowest BCUT2D eigenvalue weighted by Crippen LogP contribution is -2.41. The molecule has 2 aliphatic rings. The number of carbonyl (C=O) groups excluding carboxylic acids is 1. The molecule has 2 fully saturated rings. The summed E-state index contributed by atoms with van der Waals surface area (Å²) in [5, 5.41) is 8.75. The van der Waals surface area contributed by atoms with Gasteiger partial charge in [0.1, 0.15) is 0 Å². The number of rotatable bonds is 6. The van der Waals surface area contributed by atoms with E-state index in [1.54, 1.807) is 0 Å². The molecule has 1 heterocycles. The third-order valence-corrected chi connectivity index (χ3v) is 4.83. The molecule has 5 heteroatoms. The summed E-state index contributed by atoms with van der Waals surface area (Å²) in [6.07, 6.45) is 8.33. The second kappa shape index (κ2) is 8.71. The van der Waals surface area contributed by atoms with Crippen molar-refractivity contribution in [1.29, 1.82) is 0 Å². The van der Waals surface area contributed by atoms with Crippen LogP contribution in [0, 0.1) is 5.92 Å². The summed E-state index contributed by atoms with van der Waals surface area (Å²) in [4.78, 5) is 14.2. The molecule has 3 N–H and O–H groups in total. The fraction of sp³-hybridized carbons (Fsp3) is 0.938. The van der Waals surface area contributed by atoms with Gasteiger partial charge in [-0.25, -0.2) is 0 Å². The standard InChI is InChI=1S/C16H30N2O3/c17-14-3-1-2-13(12-14)4-5-16(20)18-8-6-15(7-9-18)21-11-10-19/h13-15,19H,1-12,17H2. The van der Waals surface area contributed by atoms with Crippen molar-refractivity contribution < 1.29 is 14.6 Å². The van der Waals surface area contributed by atoms with E-state index >= 15 is 0 Å². The maximum Gasteiger partial charge on any atom is 0.222 e. The first-order valence-corrected chi connectivity index (χ1v) is 8.45. The summed E-state index contributed by atoms with van der Waals surface area (Å²) in [6.45, 7) is 2.06. The maximum absolute atomic E-state index is 12.3. The Morgan fingerprint density at radius 2 is 2.00 bits per heavy atom. The molecule has 0 aromatic heterocycles. The highest BCUT2D eigenvalue weighted by atomic mass is 16.5. The van der Waals surface area contributed by atoms with Gasteiger partial charge in [0.2, 0.25) is 5.91 Å². The summed E-state index contributed by atoms with van der Waals surface area (Å²) in [5.74, 6) is 0.929. The van der Waals surface area contributed by atoms with Crippen molar-refractivity contribution in [2.45, 2.75) is 63.5 Å². The zero-order valence-electron chi connectivity index (χ0n) is 13.0. The first-order chi connectivity index (χ1) is 10.2. The second-order valence-corrected chi connectivity index (χ2v) is 6.51. The van der Waals surface area contributed by atoms with Crippen LogP contribution in [-0.2, 0) is 9.53 Å². The molecule has 21 heavy (non-hydrogen) atoms. The predicted octanol–water partition coefficient (Wildman–Crippen LogP) is 1.28. The molecule has 122 valence electrons. The number of likely N-dealkylation sites (tertiary alicyclic amines) is 1. The number of aliphatic hydroxyl groups is 1. The molecule has 5 nitrogen and oxygen atoms in total. The van der Waals surface area contributed by atoms with Crippen LogP contribution in [0.5, 0.6) is 0 Å². The Bertz CT molecular complexity index is 317. The topological polar surface area (TPSA) is 75.8 Å². The number of carbonyl (C=O) groups is 1. The van der Waals surface area contributed by atoms with Crippen molar-refractivity contribution in [1.82, 2.24) is 4.90 Å². The third kappa shape index (κ3) is 5.57. The van der Waals surface area contributed by atoms with Crippen molar-refractivity contribution in [3.63, 3.8) is 0 Å². The molecule has 1 aliphatic carbocycles. The molecule has 2 rings (SSSR count). The van der Waals surface area contributed by atoms with E-state index in [2.05, 4.69) is 0 Å². The number of hydrogen-bond acceptors (Lipinski definition) is 4. The molecule has 1 saturated heterocycles. The minimum absolute atomic E-state index is 0.0721. The monoisotopic (exact) mass is 298 g/mol. The predicted molar refractivity (Wildman–Crippen MR) is 81.8 cm³/mol. The van der Waals surface area contributed by atoms with Gasteiger partial charge >= 0.3 is 0 Å². The highest BCUT2D eigenvalue weighted by Gasteiger charge is 2.25. The van der Waals surface area contributed by atoms with Crippen LogP contribution in [0.15, 0.2) is 0 Å². The van der Waals surface area contributed by atoms with Gasteiger partial charge in [-0.05, 0) is 38.0 Å². The van der Waals surface area contributed by atoms with E-state index in [1.165, 1.54) is 12.8 Å². The summed E-state index contributed by atoms with van der Waals surface area (Å²) in [5.41, 5.74) is 6.00. The number of nitrogens with two attached hydrogens (primary N) is 1. The van der Waals surface area contributed by atoms with Crippen LogP contribution in [0.2, 0.25) is 0 Å². The summed E-state index contributed by atoms with van der Waals surface area (Å²) in [7, 11) is 0. The quantitative estimate of drug-likeness (QED) is 0.774. The fourth-order valence-corrected chi connectivity index (χ4v) is 3.57. The molecular weight excluding hydrogens is 268 g/mol. The third-order valence-electron chi connectivity index (χ3n) is 4.83. The van der Waals surface area contributed by atoms with Crippen LogP contribution >= 0.6 is 0 Å². The van der Waals surface area contributed by atoms with Gasteiger partial charge in [0.25, 0.3) is 0 Å². The maximum atomic E-state index is 12.3. The van der Waals surface area contributed by atoms with Gasteiger partial charge in [-0.1, -0.05) is 12.8 Å². The smallest absolute Gasteiger partial charge is 0.222 e. The molecule has 0 aromatic rings. The molecule has 1 saturated carbocycles. The minimum Gasteiger partial charge on any atom is -0.394 e. The van der Waals surface area contributed by atoms with Crippen molar-refractivity contribution in [3.05, 3.63) is 0 Å². The lowest BCUT2D eigenvalue weighted by Gasteiger charge is -2.32. The molecule has 0 bridgehead atoms. The SMILES string of the molecule is NC1CCCC(CCC(=O)N2CCC(OCCO)CC2)C1. The molecule has 1 amide bonds. The Morgan fingerprint density at radius 1 is 1.24 bits per heavy atom. The molecule has 2 atom stereocenters. The van der Waals surface area contributed by atoms with Crippen LogP contribution in [0.1, 0.15) is 51.4 Å². The van der Waals surface area contributed by atoms with Crippen molar-refractivity contribution in [2.75, 3.05) is 26.3 Å². The van der Waals surface area contributed by atoms with E-state index in [0.29, 0.717) is 25.0 Å². The number of aliphatic hydroxyl groups excluding tert-OH is 1. The van der Waals surface area contributed by atoms with Crippen LogP contribution in [0.4, 0.5) is 0 Å². The van der Waals surface area contributed by atoms with Gasteiger partial charge in [-0.2, -0.15) is 0 Å².